The van der Waals surface area contributed by atoms with E-state index in [0.29, 0.717) is 11.4 Å². The summed E-state index contributed by atoms with van der Waals surface area (Å²) in [7, 11) is -1.61. The summed E-state index contributed by atoms with van der Waals surface area (Å²) in [6.07, 6.45) is 1.95. The van der Waals surface area contributed by atoms with Gasteiger partial charge in [0.25, 0.3) is 0 Å². The second kappa shape index (κ2) is 5.27. The average Bonchev–Trinajstić information content (AvgIpc) is 2.25. The molecule has 0 saturated heterocycles. The highest BCUT2D eigenvalue weighted by atomic mass is 32.2. The van der Waals surface area contributed by atoms with E-state index in [4.69, 9.17) is 4.74 Å². The third-order valence-electron chi connectivity index (χ3n) is 2.12. The van der Waals surface area contributed by atoms with E-state index in [1.807, 2.05) is 0 Å². The molecule has 1 heterocycles. The van der Waals surface area contributed by atoms with Crippen LogP contribution in [0.25, 0.3) is 0 Å². The molecule has 90 valence electrons. The molecule has 0 aromatic carbocycles. The molecule has 1 aromatic heterocycles. The van der Waals surface area contributed by atoms with Crippen molar-refractivity contribution in [3.63, 3.8) is 0 Å². The number of hydrogen-bond donors (Lipinski definition) is 1. The van der Waals surface area contributed by atoms with Crippen molar-refractivity contribution < 1.29 is 18.3 Å². The number of ether oxygens (including phenoxy) is 1. The fraction of sp³-hybridized carbons (Fsp3) is 0.500. The number of methoxy groups -OCH3 is 1. The molecule has 0 saturated carbocycles. The fourth-order valence-electron chi connectivity index (χ4n) is 1.31. The first kappa shape index (κ1) is 12.9. The van der Waals surface area contributed by atoms with Crippen LogP contribution in [0, 0.1) is 0 Å². The fourth-order valence-corrected chi connectivity index (χ4v) is 1.96. The number of nitrogens with zero attached hydrogens (tertiary/aromatic N) is 1. The van der Waals surface area contributed by atoms with Gasteiger partial charge < -0.3 is 9.84 Å². The largest absolute Gasteiger partial charge is 0.481 e. The maximum absolute atomic E-state index is 11.0. The van der Waals surface area contributed by atoms with Crippen molar-refractivity contribution >= 4 is 9.84 Å². The number of aromatic nitrogens is 1. The Kier molecular flexibility index (Phi) is 4.26. The highest BCUT2D eigenvalue weighted by Gasteiger charge is 2.15. The molecule has 0 aliphatic rings. The highest BCUT2D eigenvalue weighted by Crippen LogP contribution is 2.24. The molecule has 1 aromatic rings. The number of rotatable bonds is 5. The van der Waals surface area contributed by atoms with Crippen LogP contribution in [-0.4, -0.2) is 37.6 Å². The van der Waals surface area contributed by atoms with E-state index in [2.05, 4.69) is 4.98 Å². The van der Waals surface area contributed by atoms with E-state index in [1.165, 1.54) is 7.11 Å². The third-order valence-corrected chi connectivity index (χ3v) is 3.09. The summed E-state index contributed by atoms with van der Waals surface area (Å²) in [5.41, 5.74) is 0.508. The summed E-state index contributed by atoms with van der Waals surface area (Å²) >= 11 is 0. The number of pyridine rings is 1. The topological polar surface area (TPSA) is 76.5 Å². The summed E-state index contributed by atoms with van der Waals surface area (Å²) in [5.74, 6) is 0.259. The second-order valence-electron chi connectivity index (χ2n) is 3.54. The minimum atomic E-state index is -3.07. The smallest absolute Gasteiger partial charge is 0.218 e. The maximum Gasteiger partial charge on any atom is 0.218 e. The average molecular weight is 245 g/mol. The highest BCUT2D eigenvalue weighted by molar-refractivity contribution is 7.90. The van der Waals surface area contributed by atoms with Crippen molar-refractivity contribution in [1.82, 2.24) is 4.98 Å². The summed E-state index contributed by atoms with van der Waals surface area (Å²) in [6, 6.07) is 3.33. The van der Waals surface area contributed by atoms with E-state index in [1.54, 1.807) is 18.3 Å². The van der Waals surface area contributed by atoms with Gasteiger partial charge in [-0.15, -0.1) is 0 Å². The monoisotopic (exact) mass is 245 g/mol. The zero-order valence-corrected chi connectivity index (χ0v) is 10.1. The first-order valence-electron chi connectivity index (χ1n) is 4.78. The lowest BCUT2D eigenvalue weighted by molar-refractivity contribution is 0.169. The van der Waals surface area contributed by atoms with E-state index in [-0.39, 0.29) is 12.2 Å². The van der Waals surface area contributed by atoms with Crippen molar-refractivity contribution in [3.05, 3.63) is 23.9 Å². The van der Waals surface area contributed by atoms with Crippen LogP contribution in [0.4, 0.5) is 0 Å². The van der Waals surface area contributed by atoms with Crippen LogP contribution in [0.15, 0.2) is 18.3 Å². The molecule has 16 heavy (non-hydrogen) atoms. The Labute approximate surface area is 95.0 Å². The van der Waals surface area contributed by atoms with Crippen LogP contribution in [0.2, 0.25) is 0 Å². The van der Waals surface area contributed by atoms with E-state index in [9.17, 15) is 13.5 Å². The molecule has 6 heteroatoms. The molecule has 0 fully saturated rings. The van der Waals surface area contributed by atoms with Gasteiger partial charge in [0.2, 0.25) is 5.88 Å². The SMILES string of the molecule is COc1ncccc1C(O)CCS(C)(=O)=O. The van der Waals surface area contributed by atoms with Crippen molar-refractivity contribution in [2.75, 3.05) is 19.1 Å². The Morgan fingerprint density at radius 1 is 1.56 bits per heavy atom. The van der Waals surface area contributed by atoms with Crippen LogP contribution < -0.4 is 4.74 Å². The van der Waals surface area contributed by atoms with Gasteiger partial charge in [-0.1, -0.05) is 0 Å². The lowest BCUT2D eigenvalue weighted by Gasteiger charge is -2.12. The van der Waals surface area contributed by atoms with Gasteiger partial charge in [-0.2, -0.15) is 0 Å². The number of aliphatic hydroxyl groups is 1. The molecule has 0 radical (unpaired) electrons. The summed E-state index contributed by atoms with van der Waals surface area (Å²) in [4.78, 5) is 3.93. The quantitative estimate of drug-likeness (QED) is 0.820. The Morgan fingerprint density at radius 2 is 2.25 bits per heavy atom. The van der Waals surface area contributed by atoms with Gasteiger partial charge in [-0.05, 0) is 18.6 Å². The van der Waals surface area contributed by atoms with Crippen molar-refractivity contribution in [2.24, 2.45) is 0 Å². The molecule has 1 rings (SSSR count). The standard InChI is InChI=1S/C10H15NO4S/c1-15-10-8(4-3-6-11-10)9(12)5-7-16(2,13)14/h3-4,6,9,12H,5,7H2,1-2H3. The molecule has 1 atom stereocenters. The Bertz CT molecular complexity index is 444. The number of sulfone groups is 1. The molecule has 0 bridgehead atoms. The Hall–Kier alpha value is -1.14. The van der Waals surface area contributed by atoms with Crippen LogP contribution in [0.5, 0.6) is 5.88 Å². The van der Waals surface area contributed by atoms with Gasteiger partial charge >= 0.3 is 0 Å². The number of hydrogen-bond acceptors (Lipinski definition) is 5. The zero-order valence-electron chi connectivity index (χ0n) is 9.25. The molecule has 1 N–H and O–H groups in total. The van der Waals surface area contributed by atoms with E-state index < -0.39 is 15.9 Å². The zero-order chi connectivity index (χ0) is 12.2. The predicted octanol–water partition coefficient (Wildman–Crippen LogP) is 0.558. The third kappa shape index (κ3) is 3.79. The molecule has 0 spiro atoms. The second-order valence-corrected chi connectivity index (χ2v) is 5.80. The molecule has 1 unspecified atom stereocenters. The summed E-state index contributed by atoms with van der Waals surface area (Å²) in [6.45, 7) is 0. The van der Waals surface area contributed by atoms with Crippen LogP contribution in [0.3, 0.4) is 0 Å². The molecule has 0 amide bonds. The van der Waals surface area contributed by atoms with Crippen molar-refractivity contribution in [3.8, 4) is 5.88 Å². The summed E-state index contributed by atoms with van der Waals surface area (Å²) < 4.78 is 26.9. The van der Waals surface area contributed by atoms with Crippen molar-refractivity contribution in [1.29, 1.82) is 0 Å². The van der Waals surface area contributed by atoms with Gasteiger partial charge in [0.05, 0.1) is 19.0 Å². The maximum atomic E-state index is 11.0. The minimum Gasteiger partial charge on any atom is -0.481 e. The van der Waals surface area contributed by atoms with Gasteiger partial charge in [0.1, 0.15) is 9.84 Å². The molecule has 0 aliphatic carbocycles. The Morgan fingerprint density at radius 3 is 2.81 bits per heavy atom. The van der Waals surface area contributed by atoms with Crippen LogP contribution in [0.1, 0.15) is 18.1 Å². The van der Waals surface area contributed by atoms with Gasteiger partial charge in [0, 0.05) is 18.0 Å². The van der Waals surface area contributed by atoms with Gasteiger partial charge in [-0.25, -0.2) is 13.4 Å². The van der Waals surface area contributed by atoms with E-state index in [0.717, 1.165) is 6.26 Å². The van der Waals surface area contributed by atoms with Crippen molar-refractivity contribution in [2.45, 2.75) is 12.5 Å². The molecular formula is C10H15NO4S. The minimum absolute atomic E-state index is 0.0633. The van der Waals surface area contributed by atoms with Gasteiger partial charge in [0.15, 0.2) is 0 Å². The lowest BCUT2D eigenvalue weighted by atomic mass is 10.1. The van der Waals surface area contributed by atoms with Gasteiger partial charge in [-0.3, -0.25) is 0 Å². The van der Waals surface area contributed by atoms with Crippen LogP contribution in [-0.2, 0) is 9.84 Å². The normalized spacial score (nSPS) is 13.4. The number of aliphatic hydroxyl groups excluding tert-OH is 1. The van der Waals surface area contributed by atoms with Crippen LogP contribution >= 0.6 is 0 Å². The first-order chi connectivity index (χ1) is 7.44. The molecule has 0 aliphatic heterocycles. The lowest BCUT2D eigenvalue weighted by Crippen LogP contribution is -2.09. The summed E-state index contributed by atoms with van der Waals surface area (Å²) in [5, 5.41) is 9.81. The predicted molar refractivity (Wildman–Crippen MR) is 60.1 cm³/mol. The molecule has 5 nitrogen and oxygen atoms in total. The Balaban J connectivity index is 2.76. The molecular weight excluding hydrogens is 230 g/mol. The first-order valence-corrected chi connectivity index (χ1v) is 6.85. The van der Waals surface area contributed by atoms with E-state index >= 15 is 0 Å².